The molecule has 0 bridgehead atoms. The minimum atomic E-state index is 0.238. The lowest BCUT2D eigenvalue weighted by Crippen LogP contribution is -2.41. The van der Waals surface area contributed by atoms with Crippen LogP contribution in [0.5, 0.6) is 0 Å². The van der Waals surface area contributed by atoms with Gasteiger partial charge in [-0.3, -0.25) is 0 Å². The van der Waals surface area contributed by atoms with Crippen LogP contribution in [-0.2, 0) is 0 Å². The molecule has 0 amide bonds. The third-order valence-corrected chi connectivity index (χ3v) is 3.33. The molecule has 0 aromatic carbocycles. The largest absolute Gasteiger partial charge is 0.396 e. The molecule has 0 aromatic heterocycles. The molecule has 0 spiro atoms. The van der Waals surface area contributed by atoms with Crippen LogP contribution in [0.3, 0.4) is 0 Å². The predicted molar refractivity (Wildman–Crippen MR) is 70.6 cm³/mol. The number of rotatable bonds is 8. The normalized spacial score (nSPS) is 14.2. The van der Waals surface area contributed by atoms with Gasteiger partial charge in [0.05, 0.1) is 0 Å². The molecule has 0 fully saturated rings. The second kappa shape index (κ2) is 8.43. The van der Waals surface area contributed by atoms with Gasteiger partial charge >= 0.3 is 0 Å². The zero-order chi connectivity index (χ0) is 11.7. The van der Waals surface area contributed by atoms with Crippen LogP contribution < -0.4 is 5.32 Å². The van der Waals surface area contributed by atoms with Crippen LogP contribution in [-0.4, -0.2) is 36.3 Å². The van der Waals surface area contributed by atoms with Crippen LogP contribution >= 0.6 is 11.8 Å². The van der Waals surface area contributed by atoms with Gasteiger partial charge in [-0.1, -0.05) is 20.8 Å². The van der Waals surface area contributed by atoms with E-state index in [1.807, 2.05) is 11.8 Å². The Bertz CT molecular complexity index is 145. The minimum absolute atomic E-state index is 0.238. The number of unbranched alkanes of at least 4 members (excludes halogenated alkanes) is 1. The molecule has 0 aliphatic heterocycles. The zero-order valence-corrected chi connectivity index (χ0v) is 11.5. The van der Waals surface area contributed by atoms with Gasteiger partial charge in [0.25, 0.3) is 0 Å². The van der Waals surface area contributed by atoms with E-state index in [0.717, 1.165) is 13.0 Å². The average molecular weight is 233 g/mol. The molecule has 0 radical (unpaired) electrons. The lowest BCUT2D eigenvalue weighted by Gasteiger charge is -2.31. The van der Waals surface area contributed by atoms with Gasteiger partial charge in [0.15, 0.2) is 0 Å². The molecule has 0 aromatic rings. The number of aliphatic hydroxyl groups excluding tert-OH is 1. The second-order valence-electron chi connectivity index (χ2n) is 5.08. The van der Waals surface area contributed by atoms with E-state index in [0.29, 0.717) is 6.04 Å². The van der Waals surface area contributed by atoms with Crippen LogP contribution in [0.4, 0.5) is 0 Å². The summed E-state index contributed by atoms with van der Waals surface area (Å²) in [4.78, 5) is 0. The molecular weight excluding hydrogens is 206 g/mol. The predicted octanol–water partition coefficient (Wildman–Crippen LogP) is 2.52. The first-order valence-corrected chi connectivity index (χ1v) is 7.25. The van der Waals surface area contributed by atoms with E-state index in [1.165, 1.54) is 18.6 Å². The molecule has 0 saturated heterocycles. The topological polar surface area (TPSA) is 32.3 Å². The molecule has 2 N–H and O–H groups in total. The molecule has 1 atom stereocenters. The summed E-state index contributed by atoms with van der Waals surface area (Å²) < 4.78 is 0. The molecule has 0 aliphatic rings. The monoisotopic (exact) mass is 233 g/mol. The van der Waals surface area contributed by atoms with Crippen molar-refractivity contribution in [1.29, 1.82) is 0 Å². The molecular formula is C12H27NOS. The average Bonchev–Trinajstić information content (AvgIpc) is 2.14. The molecule has 0 heterocycles. The maximum absolute atomic E-state index is 9.00. The first kappa shape index (κ1) is 15.3. The Morgan fingerprint density at radius 1 is 1.27 bits per heavy atom. The maximum atomic E-state index is 9.00. The third kappa shape index (κ3) is 8.12. The van der Waals surface area contributed by atoms with Crippen molar-refractivity contribution >= 4 is 11.8 Å². The van der Waals surface area contributed by atoms with Crippen molar-refractivity contribution in [1.82, 2.24) is 5.32 Å². The van der Waals surface area contributed by atoms with Crippen LogP contribution in [0.1, 0.15) is 40.0 Å². The summed E-state index contributed by atoms with van der Waals surface area (Å²) in [6.45, 7) is 8.02. The highest BCUT2D eigenvalue weighted by atomic mass is 32.2. The summed E-state index contributed by atoms with van der Waals surface area (Å²) in [6.07, 6.45) is 5.52. The summed E-state index contributed by atoms with van der Waals surface area (Å²) in [5, 5.41) is 12.5. The smallest absolute Gasteiger partial charge is 0.0446 e. The van der Waals surface area contributed by atoms with E-state index >= 15 is 0 Å². The Hall–Kier alpha value is 0.270. The van der Waals surface area contributed by atoms with Crippen molar-refractivity contribution in [2.45, 2.75) is 46.1 Å². The highest BCUT2D eigenvalue weighted by Crippen LogP contribution is 2.21. The molecule has 15 heavy (non-hydrogen) atoms. The van der Waals surface area contributed by atoms with Crippen molar-refractivity contribution in [2.24, 2.45) is 5.41 Å². The molecule has 1 unspecified atom stereocenters. The summed E-state index contributed by atoms with van der Waals surface area (Å²) in [6, 6.07) is 0.428. The summed E-state index contributed by atoms with van der Waals surface area (Å²) in [5.74, 6) is 1.25. The van der Waals surface area contributed by atoms with Crippen molar-refractivity contribution in [2.75, 3.05) is 25.2 Å². The fraction of sp³-hybridized carbons (Fsp3) is 1.00. The zero-order valence-electron chi connectivity index (χ0n) is 10.7. The SMILES string of the molecule is CSCCCCNC(CCO)C(C)(C)C. The fourth-order valence-electron chi connectivity index (χ4n) is 1.62. The quantitative estimate of drug-likeness (QED) is 0.632. The van der Waals surface area contributed by atoms with E-state index in [-0.39, 0.29) is 12.0 Å². The molecule has 92 valence electrons. The second-order valence-corrected chi connectivity index (χ2v) is 6.07. The van der Waals surface area contributed by atoms with E-state index in [2.05, 4.69) is 32.3 Å². The fourth-order valence-corrected chi connectivity index (χ4v) is 2.11. The number of hydrogen-bond acceptors (Lipinski definition) is 3. The van der Waals surface area contributed by atoms with Gasteiger partial charge in [0.2, 0.25) is 0 Å². The highest BCUT2D eigenvalue weighted by Gasteiger charge is 2.22. The van der Waals surface area contributed by atoms with E-state index in [4.69, 9.17) is 5.11 Å². The number of thioether (sulfide) groups is 1. The van der Waals surface area contributed by atoms with Crippen molar-refractivity contribution in [3.8, 4) is 0 Å². The Morgan fingerprint density at radius 3 is 2.40 bits per heavy atom. The summed E-state index contributed by atoms with van der Waals surface area (Å²) in [7, 11) is 0. The third-order valence-electron chi connectivity index (χ3n) is 2.63. The highest BCUT2D eigenvalue weighted by molar-refractivity contribution is 7.98. The lowest BCUT2D eigenvalue weighted by molar-refractivity contribution is 0.197. The first-order valence-electron chi connectivity index (χ1n) is 5.85. The Kier molecular flexibility index (Phi) is 8.58. The first-order chi connectivity index (χ1) is 7.02. The molecule has 0 rings (SSSR count). The molecule has 3 heteroatoms. The standard InChI is InChI=1S/C12H27NOS/c1-12(2,3)11(7-9-14)13-8-5-6-10-15-4/h11,13-14H,5-10H2,1-4H3. The van der Waals surface area contributed by atoms with Crippen LogP contribution in [0.2, 0.25) is 0 Å². The van der Waals surface area contributed by atoms with Crippen molar-refractivity contribution in [3.05, 3.63) is 0 Å². The van der Waals surface area contributed by atoms with E-state index < -0.39 is 0 Å². The van der Waals surface area contributed by atoms with Gasteiger partial charge < -0.3 is 10.4 Å². The van der Waals surface area contributed by atoms with Gasteiger partial charge in [-0.25, -0.2) is 0 Å². The van der Waals surface area contributed by atoms with Gasteiger partial charge in [-0.05, 0) is 43.2 Å². The number of hydrogen-bond donors (Lipinski definition) is 2. The maximum Gasteiger partial charge on any atom is 0.0446 e. The summed E-state index contributed by atoms with van der Waals surface area (Å²) in [5.41, 5.74) is 0.238. The number of nitrogens with one attached hydrogen (secondary N) is 1. The van der Waals surface area contributed by atoms with Gasteiger partial charge in [-0.2, -0.15) is 11.8 Å². The Labute approximate surface area is 99.2 Å². The summed E-state index contributed by atoms with van der Waals surface area (Å²) >= 11 is 1.91. The van der Waals surface area contributed by atoms with E-state index in [9.17, 15) is 0 Å². The molecule has 0 saturated carbocycles. The van der Waals surface area contributed by atoms with Crippen LogP contribution in [0.15, 0.2) is 0 Å². The van der Waals surface area contributed by atoms with Gasteiger partial charge in [-0.15, -0.1) is 0 Å². The van der Waals surface area contributed by atoms with Crippen molar-refractivity contribution < 1.29 is 5.11 Å². The van der Waals surface area contributed by atoms with E-state index in [1.54, 1.807) is 0 Å². The number of aliphatic hydroxyl groups is 1. The molecule has 0 aliphatic carbocycles. The van der Waals surface area contributed by atoms with Crippen LogP contribution in [0.25, 0.3) is 0 Å². The minimum Gasteiger partial charge on any atom is -0.396 e. The van der Waals surface area contributed by atoms with Gasteiger partial charge in [0.1, 0.15) is 0 Å². The van der Waals surface area contributed by atoms with Crippen LogP contribution in [0, 0.1) is 5.41 Å². The molecule has 2 nitrogen and oxygen atoms in total. The Morgan fingerprint density at radius 2 is 1.93 bits per heavy atom. The van der Waals surface area contributed by atoms with Gasteiger partial charge in [0, 0.05) is 12.6 Å². The Balaban J connectivity index is 3.67. The lowest BCUT2D eigenvalue weighted by atomic mass is 9.85. The van der Waals surface area contributed by atoms with Crippen molar-refractivity contribution in [3.63, 3.8) is 0 Å².